The first kappa shape index (κ1) is 13.5. The molecule has 3 nitrogen and oxygen atoms in total. The molecule has 1 aromatic heterocycles. The molecule has 0 aliphatic heterocycles. The van der Waals surface area contributed by atoms with Crippen molar-refractivity contribution in [1.29, 1.82) is 0 Å². The standard InChI is InChI=1S/C11H17NO2S2/c1-2-3-5-14-6-4-12-11(13)10-7-9(15)8-16-10/h7-8,15H,2-6H2,1H3,(H,12,13). The summed E-state index contributed by atoms with van der Waals surface area (Å²) in [6, 6.07) is 1.76. The van der Waals surface area contributed by atoms with Crippen LogP contribution in [0.5, 0.6) is 0 Å². The Hall–Kier alpha value is -0.520. The van der Waals surface area contributed by atoms with Crippen molar-refractivity contribution < 1.29 is 9.53 Å². The Morgan fingerprint density at radius 2 is 2.38 bits per heavy atom. The Balaban J connectivity index is 2.11. The number of thiol groups is 1. The number of hydrogen-bond donors (Lipinski definition) is 2. The minimum Gasteiger partial charge on any atom is -0.380 e. The van der Waals surface area contributed by atoms with E-state index in [2.05, 4.69) is 24.9 Å². The molecule has 90 valence electrons. The molecule has 0 aromatic carbocycles. The number of hydrogen-bond acceptors (Lipinski definition) is 4. The summed E-state index contributed by atoms with van der Waals surface area (Å²) >= 11 is 5.55. The molecular formula is C11H17NO2S2. The van der Waals surface area contributed by atoms with Crippen molar-refractivity contribution in [2.24, 2.45) is 0 Å². The van der Waals surface area contributed by atoms with Gasteiger partial charge < -0.3 is 10.1 Å². The van der Waals surface area contributed by atoms with Crippen LogP contribution in [-0.2, 0) is 4.74 Å². The molecule has 0 saturated carbocycles. The molecule has 5 heteroatoms. The molecule has 0 saturated heterocycles. The number of rotatable bonds is 7. The van der Waals surface area contributed by atoms with Crippen molar-refractivity contribution in [2.75, 3.05) is 19.8 Å². The maximum absolute atomic E-state index is 11.6. The van der Waals surface area contributed by atoms with Crippen LogP contribution in [-0.4, -0.2) is 25.7 Å². The Labute approximate surface area is 106 Å². The van der Waals surface area contributed by atoms with Crippen LogP contribution in [0.4, 0.5) is 0 Å². The van der Waals surface area contributed by atoms with Crippen molar-refractivity contribution in [3.05, 3.63) is 16.3 Å². The largest absolute Gasteiger partial charge is 0.380 e. The molecule has 0 aliphatic rings. The molecule has 1 rings (SSSR count). The lowest BCUT2D eigenvalue weighted by molar-refractivity contribution is 0.0916. The van der Waals surface area contributed by atoms with Gasteiger partial charge in [0, 0.05) is 23.4 Å². The summed E-state index contributed by atoms with van der Waals surface area (Å²) in [4.78, 5) is 13.1. The summed E-state index contributed by atoms with van der Waals surface area (Å²) < 4.78 is 5.34. The van der Waals surface area contributed by atoms with Gasteiger partial charge in [0.15, 0.2) is 0 Å². The van der Waals surface area contributed by atoms with Crippen LogP contribution in [0.25, 0.3) is 0 Å². The quantitative estimate of drug-likeness (QED) is 0.583. The zero-order valence-corrected chi connectivity index (χ0v) is 11.1. The van der Waals surface area contributed by atoms with Crippen LogP contribution < -0.4 is 5.32 Å². The normalized spacial score (nSPS) is 10.4. The maximum atomic E-state index is 11.6. The van der Waals surface area contributed by atoms with Gasteiger partial charge in [0.1, 0.15) is 0 Å². The van der Waals surface area contributed by atoms with Gasteiger partial charge in [-0.25, -0.2) is 0 Å². The van der Waals surface area contributed by atoms with Crippen LogP contribution in [0, 0.1) is 0 Å². The summed E-state index contributed by atoms with van der Waals surface area (Å²) in [6.45, 7) is 4.02. The monoisotopic (exact) mass is 259 g/mol. The SMILES string of the molecule is CCCCOCCNC(=O)c1cc(S)cs1. The van der Waals surface area contributed by atoms with Gasteiger partial charge in [-0.05, 0) is 12.5 Å². The molecular weight excluding hydrogens is 242 g/mol. The fraction of sp³-hybridized carbons (Fsp3) is 0.545. The Morgan fingerprint density at radius 1 is 1.56 bits per heavy atom. The second kappa shape index (κ2) is 7.70. The van der Waals surface area contributed by atoms with E-state index >= 15 is 0 Å². The van der Waals surface area contributed by atoms with Gasteiger partial charge in [0.05, 0.1) is 11.5 Å². The minimum atomic E-state index is -0.0515. The Morgan fingerprint density at radius 3 is 3.00 bits per heavy atom. The van der Waals surface area contributed by atoms with Gasteiger partial charge in [-0.3, -0.25) is 4.79 Å². The van der Waals surface area contributed by atoms with Gasteiger partial charge in [-0.15, -0.1) is 24.0 Å². The summed E-state index contributed by atoms with van der Waals surface area (Å²) in [5.41, 5.74) is 0. The van der Waals surface area contributed by atoms with Crippen molar-refractivity contribution in [3.8, 4) is 0 Å². The van der Waals surface area contributed by atoms with Gasteiger partial charge in [-0.2, -0.15) is 0 Å². The number of carbonyl (C=O) groups excluding carboxylic acids is 1. The van der Waals surface area contributed by atoms with E-state index in [0.29, 0.717) is 18.0 Å². The summed E-state index contributed by atoms with van der Waals surface area (Å²) in [5, 5.41) is 4.64. The average molecular weight is 259 g/mol. The third kappa shape index (κ3) is 5.01. The first-order valence-corrected chi connectivity index (χ1v) is 6.70. The molecule has 16 heavy (non-hydrogen) atoms. The van der Waals surface area contributed by atoms with Crippen LogP contribution >= 0.6 is 24.0 Å². The topological polar surface area (TPSA) is 38.3 Å². The molecule has 0 spiro atoms. The fourth-order valence-electron chi connectivity index (χ4n) is 1.12. The highest BCUT2D eigenvalue weighted by atomic mass is 32.1. The predicted octanol–water partition coefficient (Wildman–Crippen LogP) is 2.58. The lowest BCUT2D eigenvalue weighted by Gasteiger charge is -2.04. The highest BCUT2D eigenvalue weighted by molar-refractivity contribution is 7.80. The zero-order chi connectivity index (χ0) is 11.8. The highest BCUT2D eigenvalue weighted by Crippen LogP contribution is 2.17. The fourth-order valence-corrected chi connectivity index (χ4v) is 2.18. The third-order valence-electron chi connectivity index (χ3n) is 1.98. The van der Waals surface area contributed by atoms with Crippen LogP contribution in [0.15, 0.2) is 16.3 Å². The molecule has 1 N–H and O–H groups in total. The number of ether oxygens (including phenoxy) is 1. The lowest BCUT2D eigenvalue weighted by atomic mass is 10.4. The van der Waals surface area contributed by atoms with E-state index in [1.807, 2.05) is 5.38 Å². The maximum Gasteiger partial charge on any atom is 0.261 e. The first-order valence-electron chi connectivity index (χ1n) is 5.37. The Bertz CT molecular complexity index is 326. The highest BCUT2D eigenvalue weighted by Gasteiger charge is 2.06. The lowest BCUT2D eigenvalue weighted by Crippen LogP contribution is -2.26. The van der Waals surface area contributed by atoms with E-state index in [4.69, 9.17) is 4.74 Å². The first-order chi connectivity index (χ1) is 7.74. The van der Waals surface area contributed by atoms with E-state index in [1.165, 1.54) is 11.3 Å². The van der Waals surface area contributed by atoms with Crippen molar-refractivity contribution >= 4 is 29.9 Å². The van der Waals surface area contributed by atoms with Crippen LogP contribution in [0.3, 0.4) is 0 Å². The third-order valence-corrected chi connectivity index (χ3v) is 3.35. The van der Waals surface area contributed by atoms with E-state index in [1.54, 1.807) is 6.07 Å². The number of carbonyl (C=O) groups is 1. The minimum absolute atomic E-state index is 0.0515. The predicted molar refractivity (Wildman–Crippen MR) is 69.6 cm³/mol. The van der Waals surface area contributed by atoms with Gasteiger partial charge >= 0.3 is 0 Å². The number of amides is 1. The molecule has 0 fully saturated rings. The molecule has 0 unspecified atom stereocenters. The molecule has 0 radical (unpaired) electrons. The van der Waals surface area contributed by atoms with E-state index in [-0.39, 0.29) is 5.91 Å². The number of unbranched alkanes of at least 4 members (excludes halogenated alkanes) is 1. The molecule has 0 aliphatic carbocycles. The molecule has 1 heterocycles. The summed E-state index contributed by atoms with van der Waals surface area (Å²) in [5.74, 6) is -0.0515. The van der Waals surface area contributed by atoms with Crippen LogP contribution in [0.2, 0.25) is 0 Å². The molecule has 0 bridgehead atoms. The average Bonchev–Trinajstić information content (AvgIpc) is 2.70. The molecule has 1 amide bonds. The van der Waals surface area contributed by atoms with E-state index in [9.17, 15) is 4.79 Å². The van der Waals surface area contributed by atoms with Gasteiger partial charge in [0.2, 0.25) is 0 Å². The second-order valence-corrected chi connectivity index (χ2v) is 4.82. The second-order valence-electron chi connectivity index (χ2n) is 3.39. The van der Waals surface area contributed by atoms with E-state index in [0.717, 1.165) is 24.3 Å². The van der Waals surface area contributed by atoms with Crippen molar-refractivity contribution in [3.63, 3.8) is 0 Å². The van der Waals surface area contributed by atoms with E-state index < -0.39 is 0 Å². The van der Waals surface area contributed by atoms with Gasteiger partial charge in [-0.1, -0.05) is 13.3 Å². The summed E-state index contributed by atoms with van der Waals surface area (Å²) in [6.07, 6.45) is 2.20. The Kier molecular flexibility index (Phi) is 6.52. The number of nitrogens with one attached hydrogen (secondary N) is 1. The number of thiophene rings is 1. The molecule has 1 aromatic rings. The van der Waals surface area contributed by atoms with Gasteiger partial charge in [0.25, 0.3) is 5.91 Å². The van der Waals surface area contributed by atoms with Crippen molar-refractivity contribution in [2.45, 2.75) is 24.7 Å². The summed E-state index contributed by atoms with van der Waals surface area (Å²) in [7, 11) is 0. The smallest absolute Gasteiger partial charge is 0.261 e. The van der Waals surface area contributed by atoms with Crippen molar-refractivity contribution in [1.82, 2.24) is 5.32 Å². The zero-order valence-electron chi connectivity index (χ0n) is 9.36. The molecule has 0 atom stereocenters. The van der Waals surface area contributed by atoms with Crippen LogP contribution in [0.1, 0.15) is 29.4 Å².